The van der Waals surface area contributed by atoms with Gasteiger partial charge in [0, 0.05) is 5.69 Å². The van der Waals surface area contributed by atoms with Gasteiger partial charge in [0.1, 0.15) is 0 Å². The number of nitrogens with two attached hydrogens (primary N) is 1. The average molecular weight is 181 g/mol. The molecular formula is C12H23N. The lowest BCUT2D eigenvalue weighted by Crippen LogP contribution is -1.88. The minimum Gasteiger partial charge on any atom is -0.399 e. The van der Waals surface area contributed by atoms with E-state index in [9.17, 15) is 0 Å². The first-order valence-electron chi connectivity index (χ1n) is 5.03. The lowest BCUT2D eigenvalue weighted by atomic mass is 10.1. The van der Waals surface area contributed by atoms with Gasteiger partial charge >= 0.3 is 0 Å². The van der Waals surface area contributed by atoms with Crippen molar-refractivity contribution in [2.24, 2.45) is 0 Å². The first kappa shape index (κ1) is 14.5. The number of hydrogen-bond acceptors (Lipinski definition) is 1. The number of anilines is 1. The number of nitrogen functional groups attached to an aromatic ring is 1. The summed E-state index contributed by atoms with van der Waals surface area (Å²) in [6.45, 7) is 12.1. The fourth-order valence-corrected chi connectivity index (χ4v) is 0.826. The SMILES string of the molecule is CC.CC.Cc1ccc(N)c(C)c1. The predicted octanol–water partition coefficient (Wildman–Crippen LogP) is 3.94. The molecule has 0 atom stereocenters. The summed E-state index contributed by atoms with van der Waals surface area (Å²) in [7, 11) is 0. The zero-order chi connectivity index (χ0) is 10.9. The minimum absolute atomic E-state index is 0.876. The van der Waals surface area contributed by atoms with Crippen molar-refractivity contribution in [1.29, 1.82) is 0 Å². The molecule has 0 aliphatic heterocycles. The monoisotopic (exact) mass is 181 g/mol. The van der Waals surface area contributed by atoms with Gasteiger partial charge in [0.05, 0.1) is 0 Å². The van der Waals surface area contributed by atoms with Gasteiger partial charge in [0.25, 0.3) is 0 Å². The summed E-state index contributed by atoms with van der Waals surface area (Å²) < 4.78 is 0. The standard InChI is InChI=1S/C8H11N.2C2H6/c1-6-3-4-8(9)7(2)5-6;2*1-2/h3-5H,9H2,1-2H3;2*1-2H3. The van der Waals surface area contributed by atoms with Crippen LogP contribution in [0.2, 0.25) is 0 Å². The summed E-state index contributed by atoms with van der Waals surface area (Å²) in [5, 5.41) is 0. The van der Waals surface area contributed by atoms with Crippen LogP contribution in [-0.4, -0.2) is 0 Å². The molecule has 0 aliphatic rings. The molecule has 0 aromatic heterocycles. The van der Waals surface area contributed by atoms with Crippen LogP contribution < -0.4 is 5.73 Å². The molecular weight excluding hydrogens is 158 g/mol. The van der Waals surface area contributed by atoms with E-state index in [0.717, 1.165) is 11.3 Å². The van der Waals surface area contributed by atoms with E-state index in [1.165, 1.54) is 5.56 Å². The van der Waals surface area contributed by atoms with Gasteiger partial charge in [-0.2, -0.15) is 0 Å². The Balaban J connectivity index is 0. The molecule has 0 unspecified atom stereocenters. The van der Waals surface area contributed by atoms with E-state index in [4.69, 9.17) is 5.73 Å². The molecule has 0 spiro atoms. The third kappa shape index (κ3) is 6.21. The van der Waals surface area contributed by atoms with Gasteiger partial charge in [-0.3, -0.25) is 0 Å². The Labute approximate surface area is 83.0 Å². The minimum atomic E-state index is 0.876. The van der Waals surface area contributed by atoms with Crippen LogP contribution in [0.3, 0.4) is 0 Å². The van der Waals surface area contributed by atoms with Gasteiger partial charge in [-0.15, -0.1) is 0 Å². The number of rotatable bonds is 0. The van der Waals surface area contributed by atoms with Crippen molar-refractivity contribution in [3.8, 4) is 0 Å². The Hall–Kier alpha value is -0.980. The maximum atomic E-state index is 5.59. The van der Waals surface area contributed by atoms with E-state index in [-0.39, 0.29) is 0 Å². The normalized spacial score (nSPS) is 7.54. The van der Waals surface area contributed by atoms with Crippen LogP contribution in [0.1, 0.15) is 38.8 Å². The second kappa shape index (κ2) is 9.11. The summed E-state index contributed by atoms with van der Waals surface area (Å²) in [6, 6.07) is 6.03. The van der Waals surface area contributed by atoms with Crippen molar-refractivity contribution in [1.82, 2.24) is 0 Å². The van der Waals surface area contributed by atoms with Crippen molar-refractivity contribution >= 4 is 5.69 Å². The molecule has 1 rings (SSSR count). The molecule has 0 fully saturated rings. The van der Waals surface area contributed by atoms with Crippen LogP contribution in [0.25, 0.3) is 0 Å². The third-order valence-corrected chi connectivity index (χ3v) is 1.43. The highest BCUT2D eigenvalue weighted by Crippen LogP contribution is 2.10. The molecule has 2 N–H and O–H groups in total. The van der Waals surface area contributed by atoms with E-state index in [1.807, 2.05) is 46.8 Å². The molecule has 76 valence electrons. The third-order valence-electron chi connectivity index (χ3n) is 1.43. The van der Waals surface area contributed by atoms with E-state index in [0.29, 0.717) is 0 Å². The summed E-state index contributed by atoms with van der Waals surface area (Å²) in [5.41, 5.74) is 8.89. The van der Waals surface area contributed by atoms with Gasteiger partial charge in [0.15, 0.2) is 0 Å². The fourth-order valence-electron chi connectivity index (χ4n) is 0.826. The molecule has 1 nitrogen and oxygen atoms in total. The Morgan fingerprint density at radius 1 is 0.923 bits per heavy atom. The summed E-state index contributed by atoms with van der Waals surface area (Å²) >= 11 is 0. The number of hydrogen-bond donors (Lipinski definition) is 1. The molecule has 1 aromatic carbocycles. The Morgan fingerprint density at radius 3 is 1.69 bits per heavy atom. The van der Waals surface area contributed by atoms with Crippen LogP contribution in [0.4, 0.5) is 5.69 Å². The van der Waals surface area contributed by atoms with Gasteiger partial charge in [-0.05, 0) is 25.5 Å². The Morgan fingerprint density at radius 2 is 1.38 bits per heavy atom. The summed E-state index contributed by atoms with van der Waals surface area (Å²) in [4.78, 5) is 0. The van der Waals surface area contributed by atoms with Crippen LogP contribution in [-0.2, 0) is 0 Å². The zero-order valence-electron chi connectivity index (χ0n) is 9.81. The highest BCUT2D eigenvalue weighted by atomic mass is 14.5. The van der Waals surface area contributed by atoms with E-state index in [2.05, 4.69) is 13.0 Å². The topological polar surface area (TPSA) is 26.0 Å². The average Bonchev–Trinajstić information content (AvgIpc) is 2.18. The molecule has 0 amide bonds. The highest BCUT2D eigenvalue weighted by molar-refractivity contribution is 5.47. The molecule has 0 saturated heterocycles. The van der Waals surface area contributed by atoms with Crippen molar-refractivity contribution in [2.45, 2.75) is 41.5 Å². The second-order valence-electron chi connectivity index (χ2n) is 2.36. The fraction of sp³-hybridized carbons (Fsp3) is 0.500. The van der Waals surface area contributed by atoms with Crippen molar-refractivity contribution in [3.63, 3.8) is 0 Å². The molecule has 0 bridgehead atoms. The molecule has 13 heavy (non-hydrogen) atoms. The maximum absolute atomic E-state index is 5.59. The maximum Gasteiger partial charge on any atom is 0.0343 e. The van der Waals surface area contributed by atoms with Gasteiger partial charge in [-0.1, -0.05) is 45.4 Å². The molecule has 0 aliphatic carbocycles. The first-order valence-corrected chi connectivity index (χ1v) is 5.03. The Kier molecular flexibility index (Phi) is 10.2. The van der Waals surface area contributed by atoms with Gasteiger partial charge < -0.3 is 5.73 Å². The zero-order valence-corrected chi connectivity index (χ0v) is 9.81. The molecule has 1 heteroatoms. The van der Waals surface area contributed by atoms with Crippen LogP contribution in [0.15, 0.2) is 18.2 Å². The molecule has 0 saturated carbocycles. The quantitative estimate of drug-likeness (QED) is 0.603. The van der Waals surface area contributed by atoms with E-state index >= 15 is 0 Å². The largest absolute Gasteiger partial charge is 0.399 e. The van der Waals surface area contributed by atoms with Gasteiger partial charge in [0.2, 0.25) is 0 Å². The lowest BCUT2D eigenvalue weighted by Gasteiger charge is -1.98. The summed E-state index contributed by atoms with van der Waals surface area (Å²) in [5.74, 6) is 0. The smallest absolute Gasteiger partial charge is 0.0343 e. The van der Waals surface area contributed by atoms with Crippen molar-refractivity contribution in [3.05, 3.63) is 29.3 Å². The summed E-state index contributed by atoms with van der Waals surface area (Å²) in [6.07, 6.45) is 0. The molecule has 1 aromatic rings. The Bertz CT molecular complexity index is 216. The van der Waals surface area contributed by atoms with E-state index < -0.39 is 0 Å². The highest BCUT2D eigenvalue weighted by Gasteiger charge is 1.89. The van der Waals surface area contributed by atoms with Crippen molar-refractivity contribution < 1.29 is 0 Å². The second-order valence-corrected chi connectivity index (χ2v) is 2.36. The molecule has 0 radical (unpaired) electrons. The van der Waals surface area contributed by atoms with Crippen LogP contribution in [0.5, 0.6) is 0 Å². The van der Waals surface area contributed by atoms with Crippen molar-refractivity contribution in [2.75, 3.05) is 5.73 Å². The number of benzene rings is 1. The predicted molar refractivity (Wildman–Crippen MR) is 63.0 cm³/mol. The first-order chi connectivity index (χ1) is 6.20. The van der Waals surface area contributed by atoms with Gasteiger partial charge in [-0.25, -0.2) is 0 Å². The number of aryl methyl sites for hydroxylation is 2. The van der Waals surface area contributed by atoms with Crippen LogP contribution >= 0.6 is 0 Å². The van der Waals surface area contributed by atoms with Crippen LogP contribution in [0, 0.1) is 13.8 Å². The molecule has 0 heterocycles. The van der Waals surface area contributed by atoms with E-state index in [1.54, 1.807) is 0 Å². The lowest BCUT2D eigenvalue weighted by molar-refractivity contribution is 1.39.